The van der Waals surface area contributed by atoms with Gasteiger partial charge in [-0.25, -0.2) is 13.2 Å². The first-order chi connectivity index (χ1) is 15.3. The molecule has 0 saturated heterocycles. The van der Waals surface area contributed by atoms with E-state index in [2.05, 4.69) is 0 Å². The van der Waals surface area contributed by atoms with Gasteiger partial charge in [0.05, 0.1) is 24.6 Å². The summed E-state index contributed by atoms with van der Waals surface area (Å²) in [5.41, 5.74) is 0.513. The van der Waals surface area contributed by atoms with Gasteiger partial charge >= 0.3 is 4.94 Å². The second-order valence-electron chi connectivity index (χ2n) is 6.54. The van der Waals surface area contributed by atoms with Crippen LogP contribution in [0.5, 0.6) is 11.5 Å². The molecule has 0 spiro atoms. The van der Waals surface area contributed by atoms with Crippen LogP contribution in [0.3, 0.4) is 0 Å². The highest BCUT2D eigenvalue weighted by molar-refractivity contribution is 7.93. The van der Waals surface area contributed by atoms with Gasteiger partial charge in [0.1, 0.15) is 22.0 Å². The lowest BCUT2D eigenvalue weighted by Crippen LogP contribution is -2.37. The van der Waals surface area contributed by atoms with Gasteiger partial charge in [-0.2, -0.15) is 4.31 Å². The number of nitrogens with zero attached hydrogens (tertiary/aromatic N) is 1. The lowest BCUT2D eigenvalue weighted by atomic mass is 10.2. The first-order valence-electron chi connectivity index (χ1n) is 9.25. The Labute approximate surface area is 187 Å². The van der Waals surface area contributed by atoms with E-state index in [1.165, 1.54) is 56.7 Å². The van der Waals surface area contributed by atoms with Crippen LogP contribution in [0.25, 0.3) is 10.3 Å². The summed E-state index contributed by atoms with van der Waals surface area (Å²) in [6, 6.07) is 16.6. The highest BCUT2D eigenvalue weighted by Crippen LogP contribution is 2.35. The zero-order chi connectivity index (χ0) is 22.9. The predicted octanol–water partition coefficient (Wildman–Crippen LogP) is 3.91. The van der Waals surface area contributed by atoms with E-state index in [4.69, 9.17) is 13.9 Å². The van der Waals surface area contributed by atoms with Crippen LogP contribution in [0.15, 0.2) is 80.8 Å². The minimum atomic E-state index is -4.46. The molecule has 1 heterocycles. The molecule has 10 heteroatoms. The Morgan fingerprint density at radius 3 is 2.41 bits per heavy atom. The number of fused-ring (bicyclic) bond motifs is 1. The fraction of sp³-hybridized carbons (Fsp3) is 0.0909. The summed E-state index contributed by atoms with van der Waals surface area (Å²) in [4.78, 5) is 24.3. The van der Waals surface area contributed by atoms with Gasteiger partial charge in [0.25, 0.3) is 15.9 Å². The lowest BCUT2D eigenvalue weighted by Gasteiger charge is -2.24. The molecule has 0 N–H and O–H groups in total. The Morgan fingerprint density at radius 2 is 1.72 bits per heavy atom. The van der Waals surface area contributed by atoms with Gasteiger partial charge in [-0.05, 0) is 42.5 Å². The molecule has 0 fully saturated rings. The zero-order valence-corrected chi connectivity index (χ0v) is 18.6. The molecule has 3 aromatic carbocycles. The number of hydrogen-bond donors (Lipinski definition) is 0. The minimum absolute atomic E-state index is 0.0470. The molecule has 0 bridgehead atoms. The molecule has 1 aromatic heterocycles. The third kappa shape index (κ3) is 3.85. The van der Waals surface area contributed by atoms with Crippen LogP contribution in [-0.4, -0.2) is 28.5 Å². The van der Waals surface area contributed by atoms with Crippen molar-refractivity contribution in [2.75, 3.05) is 18.5 Å². The van der Waals surface area contributed by atoms with Crippen molar-refractivity contribution in [3.05, 3.63) is 82.0 Å². The molecule has 0 aliphatic heterocycles. The van der Waals surface area contributed by atoms with E-state index in [-0.39, 0.29) is 27.6 Å². The van der Waals surface area contributed by atoms with Crippen molar-refractivity contribution in [3.63, 3.8) is 0 Å². The van der Waals surface area contributed by atoms with Crippen LogP contribution in [0.1, 0.15) is 10.4 Å². The first-order valence-corrected chi connectivity index (χ1v) is 11.5. The third-order valence-corrected chi connectivity index (χ3v) is 7.16. The predicted molar refractivity (Wildman–Crippen MR) is 120 cm³/mol. The van der Waals surface area contributed by atoms with Crippen molar-refractivity contribution in [1.29, 1.82) is 0 Å². The van der Waals surface area contributed by atoms with Gasteiger partial charge in [-0.15, -0.1) is 0 Å². The van der Waals surface area contributed by atoms with Crippen LogP contribution in [-0.2, 0) is 10.0 Å². The molecule has 0 unspecified atom stereocenters. The topological polar surface area (TPSA) is 103 Å². The number of hydrogen-bond acceptors (Lipinski definition) is 8. The van der Waals surface area contributed by atoms with E-state index < -0.39 is 20.9 Å². The number of carbonyl (C=O) groups is 1. The van der Waals surface area contributed by atoms with Crippen molar-refractivity contribution in [1.82, 2.24) is 0 Å². The summed E-state index contributed by atoms with van der Waals surface area (Å²) in [7, 11) is -1.73. The maximum absolute atomic E-state index is 13.8. The van der Waals surface area contributed by atoms with Crippen molar-refractivity contribution in [2.24, 2.45) is 0 Å². The normalized spacial score (nSPS) is 11.3. The van der Waals surface area contributed by atoms with Crippen molar-refractivity contribution in [3.8, 4) is 11.5 Å². The molecular formula is C22H17NO7S2. The molecule has 0 atom stereocenters. The number of amides is 1. The van der Waals surface area contributed by atoms with Crippen molar-refractivity contribution in [2.45, 2.75) is 4.90 Å². The molecule has 8 nitrogen and oxygen atoms in total. The van der Waals surface area contributed by atoms with Crippen LogP contribution in [0.2, 0.25) is 0 Å². The summed E-state index contributed by atoms with van der Waals surface area (Å²) in [5, 5.41) is 0. The number of benzene rings is 3. The molecule has 4 aromatic rings. The summed E-state index contributed by atoms with van der Waals surface area (Å²) >= 11 is 0.812. The maximum atomic E-state index is 13.8. The number of ether oxygens (including phenoxy) is 2. The van der Waals surface area contributed by atoms with E-state index in [1.807, 2.05) is 0 Å². The third-order valence-electron chi connectivity index (χ3n) is 4.64. The maximum Gasteiger partial charge on any atom is 0.396 e. The Morgan fingerprint density at radius 1 is 0.969 bits per heavy atom. The monoisotopic (exact) mass is 471 g/mol. The van der Waals surface area contributed by atoms with Gasteiger partial charge < -0.3 is 13.9 Å². The fourth-order valence-corrected chi connectivity index (χ4v) is 5.42. The van der Waals surface area contributed by atoms with Gasteiger partial charge in [0.2, 0.25) is 0 Å². The molecule has 0 aliphatic carbocycles. The molecule has 0 aliphatic rings. The molecule has 0 saturated carbocycles. The van der Waals surface area contributed by atoms with Gasteiger partial charge in [0, 0.05) is 11.6 Å². The van der Waals surface area contributed by atoms with Crippen molar-refractivity contribution < 1.29 is 27.1 Å². The number of methoxy groups -OCH3 is 2. The fourth-order valence-electron chi connectivity index (χ4n) is 3.13. The number of sulfonamides is 1. The van der Waals surface area contributed by atoms with Crippen molar-refractivity contribution >= 4 is 43.2 Å². The first kappa shape index (κ1) is 21.6. The van der Waals surface area contributed by atoms with E-state index in [1.54, 1.807) is 24.3 Å². The molecule has 32 heavy (non-hydrogen) atoms. The Bertz CT molecular complexity index is 1460. The summed E-state index contributed by atoms with van der Waals surface area (Å²) < 4.78 is 44.2. The summed E-state index contributed by atoms with van der Waals surface area (Å²) in [5.74, 6) is -0.448. The summed E-state index contributed by atoms with van der Waals surface area (Å²) in [6.07, 6.45) is 0. The largest absolute Gasteiger partial charge is 0.497 e. The Balaban J connectivity index is 1.96. The number of anilines is 1. The molecule has 164 valence electrons. The van der Waals surface area contributed by atoms with E-state index in [9.17, 15) is 18.0 Å². The number of rotatable bonds is 6. The van der Waals surface area contributed by atoms with Gasteiger partial charge in [0.15, 0.2) is 0 Å². The second-order valence-corrected chi connectivity index (χ2v) is 9.27. The van der Waals surface area contributed by atoms with Gasteiger partial charge in [-0.1, -0.05) is 29.5 Å². The molecule has 1 amide bonds. The standard InChI is InChI=1S/C22H17NO7S2/c1-28-16-9-11-18(29-2)20(13-16)32(26,27)23(21(24)14-6-4-3-5-7-14)15-8-10-17-19(12-15)31-22(25)30-17/h3-13H,1-2H3. The quantitative estimate of drug-likeness (QED) is 0.420. The highest BCUT2D eigenvalue weighted by atomic mass is 32.2. The van der Waals surface area contributed by atoms with Gasteiger partial charge in [-0.3, -0.25) is 4.79 Å². The molecular weight excluding hydrogens is 454 g/mol. The summed E-state index contributed by atoms with van der Waals surface area (Å²) in [6.45, 7) is 0. The molecule has 0 radical (unpaired) electrons. The van der Waals surface area contributed by atoms with Crippen LogP contribution in [0, 0.1) is 0 Å². The van der Waals surface area contributed by atoms with Crippen LogP contribution < -0.4 is 18.7 Å². The Kier molecular flexibility index (Phi) is 5.72. The highest BCUT2D eigenvalue weighted by Gasteiger charge is 2.35. The smallest absolute Gasteiger partial charge is 0.396 e. The average molecular weight is 472 g/mol. The zero-order valence-electron chi connectivity index (χ0n) is 17.0. The number of carbonyl (C=O) groups excluding carboxylic acids is 1. The van der Waals surface area contributed by atoms with E-state index in [0.717, 1.165) is 11.3 Å². The average Bonchev–Trinajstić information content (AvgIpc) is 3.18. The minimum Gasteiger partial charge on any atom is -0.497 e. The molecule has 4 rings (SSSR count). The Hall–Kier alpha value is -3.63. The van der Waals surface area contributed by atoms with E-state index in [0.29, 0.717) is 14.6 Å². The lowest BCUT2D eigenvalue weighted by molar-refractivity contribution is 0.101. The second kappa shape index (κ2) is 8.48. The van der Waals surface area contributed by atoms with Crippen LogP contribution in [0.4, 0.5) is 5.69 Å². The SMILES string of the molecule is COc1ccc(OC)c(S(=O)(=O)N(C(=O)c2ccccc2)c2ccc3oc(=O)sc3c2)c1. The van der Waals surface area contributed by atoms with E-state index >= 15 is 0 Å². The van der Waals surface area contributed by atoms with Crippen LogP contribution >= 0.6 is 11.3 Å².